The lowest BCUT2D eigenvalue weighted by atomic mass is 10.1. The second-order valence-corrected chi connectivity index (χ2v) is 5.64. The second-order valence-electron chi connectivity index (χ2n) is 5.64. The Labute approximate surface area is 123 Å². The smallest absolute Gasteiger partial charge is 0.222 e. The Morgan fingerprint density at radius 3 is 2.60 bits per heavy atom. The number of unbranched alkanes of at least 4 members (excludes halogenated alkanes) is 1. The van der Waals surface area contributed by atoms with E-state index >= 15 is 0 Å². The molecule has 1 aromatic carbocycles. The van der Waals surface area contributed by atoms with Gasteiger partial charge in [0, 0.05) is 20.0 Å². The zero-order valence-electron chi connectivity index (χ0n) is 12.8. The summed E-state index contributed by atoms with van der Waals surface area (Å²) in [6, 6.07) is 10.5. The molecule has 0 aromatic heterocycles. The molecule has 0 aliphatic heterocycles. The van der Waals surface area contributed by atoms with Crippen molar-refractivity contribution in [1.82, 2.24) is 4.90 Å². The van der Waals surface area contributed by atoms with Crippen LogP contribution < -0.4 is 5.73 Å². The zero-order valence-corrected chi connectivity index (χ0v) is 12.8. The van der Waals surface area contributed by atoms with Crippen LogP contribution >= 0.6 is 0 Å². The summed E-state index contributed by atoms with van der Waals surface area (Å²) in [6.07, 6.45) is 4.79. The first-order valence-corrected chi connectivity index (χ1v) is 7.61. The van der Waals surface area contributed by atoms with Gasteiger partial charge < -0.3 is 10.6 Å². The predicted molar refractivity (Wildman–Crippen MR) is 84.5 cm³/mol. The van der Waals surface area contributed by atoms with Gasteiger partial charge in [0.1, 0.15) is 0 Å². The highest BCUT2D eigenvalue weighted by molar-refractivity contribution is 5.75. The largest absolute Gasteiger partial charge is 0.346 e. The predicted octanol–water partition coefficient (Wildman–Crippen LogP) is 2.84. The van der Waals surface area contributed by atoms with E-state index in [1.54, 1.807) is 0 Å². The average molecular weight is 276 g/mol. The van der Waals surface area contributed by atoms with Gasteiger partial charge in [-0.3, -0.25) is 4.79 Å². The summed E-state index contributed by atoms with van der Waals surface area (Å²) in [5, 5.41) is 0. The van der Waals surface area contributed by atoms with Crippen LogP contribution in [0.1, 0.15) is 38.2 Å². The number of nitrogens with zero attached hydrogens (tertiary/aromatic N) is 1. The molecule has 0 fully saturated rings. The highest BCUT2D eigenvalue weighted by Gasteiger charge is 2.10. The molecular formula is C17H28N2O. The number of carbonyl (C=O) groups is 1. The van der Waals surface area contributed by atoms with Crippen molar-refractivity contribution in [3.05, 3.63) is 35.9 Å². The summed E-state index contributed by atoms with van der Waals surface area (Å²) in [6.45, 7) is 3.60. The van der Waals surface area contributed by atoms with Crippen LogP contribution in [0, 0.1) is 5.92 Å². The van der Waals surface area contributed by atoms with Gasteiger partial charge in [-0.05, 0) is 43.7 Å². The minimum absolute atomic E-state index is 0.241. The van der Waals surface area contributed by atoms with E-state index in [1.165, 1.54) is 5.56 Å². The SMILES string of the molecule is CC(CN)CCC(=O)N(C)CCCCc1ccccc1. The van der Waals surface area contributed by atoms with Crippen molar-refractivity contribution < 1.29 is 4.79 Å². The van der Waals surface area contributed by atoms with E-state index in [-0.39, 0.29) is 5.91 Å². The summed E-state index contributed by atoms with van der Waals surface area (Å²) in [5.74, 6) is 0.676. The Bertz CT molecular complexity index is 378. The minimum Gasteiger partial charge on any atom is -0.346 e. The fourth-order valence-corrected chi connectivity index (χ4v) is 2.13. The number of nitrogens with two attached hydrogens (primary N) is 1. The lowest BCUT2D eigenvalue weighted by Crippen LogP contribution is -2.28. The highest BCUT2D eigenvalue weighted by atomic mass is 16.2. The average Bonchev–Trinajstić information content (AvgIpc) is 2.49. The summed E-state index contributed by atoms with van der Waals surface area (Å²) < 4.78 is 0. The van der Waals surface area contributed by atoms with E-state index in [2.05, 4.69) is 31.2 Å². The molecule has 0 saturated heterocycles. The third-order valence-corrected chi connectivity index (χ3v) is 3.73. The monoisotopic (exact) mass is 276 g/mol. The molecule has 1 amide bonds. The number of benzene rings is 1. The van der Waals surface area contributed by atoms with Crippen molar-refractivity contribution in [2.75, 3.05) is 20.1 Å². The van der Waals surface area contributed by atoms with Crippen molar-refractivity contribution in [3.8, 4) is 0 Å². The molecule has 0 heterocycles. The molecule has 0 saturated carbocycles. The van der Waals surface area contributed by atoms with E-state index < -0.39 is 0 Å². The van der Waals surface area contributed by atoms with Gasteiger partial charge >= 0.3 is 0 Å². The molecule has 112 valence electrons. The molecule has 3 nitrogen and oxygen atoms in total. The first-order valence-electron chi connectivity index (χ1n) is 7.61. The third kappa shape index (κ3) is 6.71. The van der Waals surface area contributed by atoms with Crippen LogP contribution in [0.4, 0.5) is 0 Å². The maximum absolute atomic E-state index is 11.9. The number of amides is 1. The fraction of sp³-hybridized carbons (Fsp3) is 0.588. The lowest BCUT2D eigenvalue weighted by Gasteiger charge is -2.18. The van der Waals surface area contributed by atoms with Gasteiger partial charge in [-0.2, -0.15) is 0 Å². The summed E-state index contributed by atoms with van der Waals surface area (Å²) >= 11 is 0. The quantitative estimate of drug-likeness (QED) is 0.705. The number of hydrogen-bond donors (Lipinski definition) is 1. The van der Waals surface area contributed by atoms with Crippen LogP contribution in [0.25, 0.3) is 0 Å². The molecule has 0 spiro atoms. The molecular weight excluding hydrogens is 248 g/mol. The maximum atomic E-state index is 11.9. The van der Waals surface area contributed by atoms with Gasteiger partial charge in [0.15, 0.2) is 0 Å². The maximum Gasteiger partial charge on any atom is 0.222 e. The van der Waals surface area contributed by atoms with Crippen LogP contribution in [0.5, 0.6) is 0 Å². The highest BCUT2D eigenvalue weighted by Crippen LogP contribution is 2.08. The molecule has 2 N–H and O–H groups in total. The standard InChI is InChI=1S/C17H28N2O/c1-15(14-18)11-12-17(20)19(2)13-7-6-10-16-8-4-3-5-9-16/h3-5,8-9,15H,6-7,10-14,18H2,1-2H3. The molecule has 0 bridgehead atoms. The van der Waals surface area contributed by atoms with Crippen LogP contribution in [0.15, 0.2) is 30.3 Å². The Morgan fingerprint density at radius 2 is 1.95 bits per heavy atom. The van der Waals surface area contributed by atoms with Gasteiger partial charge in [-0.1, -0.05) is 37.3 Å². The van der Waals surface area contributed by atoms with Gasteiger partial charge in [-0.25, -0.2) is 0 Å². The van der Waals surface area contributed by atoms with Crippen LogP contribution in [0.2, 0.25) is 0 Å². The second kappa shape index (κ2) is 9.54. The first-order chi connectivity index (χ1) is 9.63. The number of rotatable bonds is 9. The van der Waals surface area contributed by atoms with Crippen LogP contribution in [0.3, 0.4) is 0 Å². The van der Waals surface area contributed by atoms with Crippen LogP contribution in [-0.4, -0.2) is 30.9 Å². The molecule has 20 heavy (non-hydrogen) atoms. The summed E-state index contributed by atoms with van der Waals surface area (Å²) in [4.78, 5) is 13.8. The molecule has 1 aromatic rings. The molecule has 0 radical (unpaired) electrons. The van der Waals surface area contributed by atoms with E-state index in [1.807, 2.05) is 18.0 Å². The van der Waals surface area contributed by atoms with E-state index in [9.17, 15) is 4.79 Å². The molecule has 1 unspecified atom stereocenters. The fourth-order valence-electron chi connectivity index (χ4n) is 2.13. The molecule has 3 heteroatoms. The van der Waals surface area contributed by atoms with E-state index in [0.29, 0.717) is 18.9 Å². The topological polar surface area (TPSA) is 46.3 Å². The zero-order chi connectivity index (χ0) is 14.8. The minimum atomic E-state index is 0.241. The first kappa shape index (κ1) is 16.7. The molecule has 0 aliphatic rings. The van der Waals surface area contributed by atoms with E-state index in [0.717, 1.165) is 32.2 Å². The van der Waals surface area contributed by atoms with Crippen molar-refractivity contribution in [3.63, 3.8) is 0 Å². The summed E-state index contributed by atoms with van der Waals surface area (Å²) in [5.41, 5.74) is 6.94. The van der Waals surface area contributed by atoms with E-state index in [4.69, 9.17) is 5.73 Å². The van der Waals surface area contributed by atoms with Gasteiger partial charge in [-0.15, -0.1) is 0 Å². The van der Waals surface area contributed by atoms with Gasteiger partial charge in [0.25, 0.3) is 0 Å². The Morgan fingerprint density at radius 1 is 1.25 bits per heavy atom. The van der Waals surface area contributed by atoms with Gasteiger partial charge in [0.05, 0.1) is 0 Å². The Kier molecular flexibility index (Phi) is 7.97. The Hall–Kier alpha value is -1.35. The Balaban J connectivity index is 2.13. The van der Waals surface area contributed by atoms with Crippen molar-refractivity contribution in [2.45, 2.75) is 39.0 Å². The normalized spacial score (nSPS) is 12.2. The van der Waals surface area contributed by atoms with Crippen LogP contribution in [-0.2, 0) is 11.2 Å². The number of aryl methyl sites for hydroxylation is 1. The number of hydrogen-bond acceptors (Lipinski definition) is 2. The molecule has 0 aliphatic carbocycles. The van der Waals surface area contributed by atoms with Gasteiger partial charge in [0.2, 0.25) is 5.91 Å². The summed E-state index contributed by atoms with van der Waals surface area (Å²) in [7, 11) is 1.90. The lowest BCUT2D eigenvalue weighted by molar-refractivity contribution is -0.130. The van der Waals surface area contributed by atoms with Crippen molar-refractivity contribution in [2.24, 2.45) is 11.7 Å². The van der Waals surface area contributed by atoms with Crippen molar-refractivity contribution in [1.29, 1.82) is 0 Å². The molecule has 1 rings (SSSR count). The molecule has 1 atom stereocenters. The van der Waals surface area contributed by atoms with Crippen molar-refractivity contribution >= 4 is 5.91 Å². The number of carbonyl (C=O) groups excluding carboxylic acids is 1. The third-order valence-electron chi connectivity index (χ3n) is 3.73.